The Kier molecular flexibility index (Phi) is 5.43. The van der Waals surface area contributed by atoms with Gasteiger partial charge >= 0.3 is 6.01 Å². The summed E-state index contributed by atoms with van der Waals surface area (Å²) in [5, 5.41) is 21.6. The first kappa shape index (κ1) is 19.8. The van der Waals surface area contributed by atoms with Crippen LogP contribution in [0.2, 0.25) is 0 Å². The molecule has 156 valence electrons. The molecule has 0 aliphatic heterocycles. The van der Waals surface area contributed by atoms with Crippen LogP contribution in [0.15, 0.2) is 63.4 Å². The van der Waals surface area contributed by atoms with E-state index in [1.165, 1.54) is 36.4 Å². The minimum Gasteiger partial charge on any atom is -0.490 e. The van der Waals surface area contributed by atoms with E-state index in [0.29, 0.717) is 29.3 Å². The minimum absolute atomic E-state index is 0.0287. The van der Waals surface area contributed by atoms with Crippen LogP contribution in [0.25, 0.3) is 28.7 Å². The number of rotatable bonds is 7. The molecule has 0 saturated carbocycles. The van der Waals surface area contributed by atoms with Gasteiger partial charge in [-0.15, -0.1) is 5.10 Å². The summed E-state index contributed by atoms with van der Waals surface area (Å²) in [6.45, 7) is 2.38. The Morgan fingerprint density at radius 2 is 2.00 bits per heavy atom. The Balaban J connectivity index is 1.45. The molecule has 0 aliphatic rings. The number of carbonyl (C=O) groups is 1. The molecule has 4 rings (SSSR count). The number of amides is 1. The summed E-state index contributed by atoms with van der Waals surface area (Å²) >= 11 is 0. The Labute approximate surface area is 175 Å². The number of hydrogen-bond acceptors (Lipinski definition) is 8. The molecule has 0 spiro atoms. The molecule has 10 nitrogen and oxygen atoms in total. The summed E-state index contributed by atoms with van der Waals surface area (Å²) in [5.41, 5.74) is 1.16. The zero-order valence-corrected chi connectivity index (χ0v) is 16.3. The van der Waals surface area contributed by atoms with Crippen molar-refractivity contribution in [2.24, 2.45) is 0 Å². The number of para-hydroxylation sites is 1. The lowest BCUT2D eigenvalue weighted by Crippen LogP contribution is -2.07. The monoisotopic (exact) mass is 420 g/mol. The Morgan fingerprint density at radius 1 is 1.19 bits per heavy atom. The van der Waals surface area contributed by atoms with Gasteiger partial charge in [0.2, 0.25) is 0 Å². The van der Waals surface area contributed by atoms with E-state index < -0.39 is 10.8 Å². The number of fused-ring (bicyclic) bond motifs is 1. The summed E-state index contributed by atoms with van der Waals surface area (Å²) in [6, 6.07) is 12.9. The normalized spacial score (nSPS) is 11.1. The van der Waals surface area contributed by atoms with Crippen molar-refractivity contribution in [2.45, 2.75) is 6.92 Å². The lowest BCUT2D eigenvalue weighted by molar-refractivity contribution is -0.384. The predicted octanol–water partition coefficient (Wildman–Crippen LogP) is 4.44. The number of ether oxygens (including phenoxy) is 1. The van der Waals surface area contributed by atoms with Crippen LogP contribution in [0.4, 0.5) is 11.7 Å². The van der Waals surface area contributed by atoms with Crippen molar-refractivity contribution in [3.05, 3.63) is 70.3 Å². The molecule has 10 heteroatoms. The van der Waals surface area contributed by atoms with Gasteiger partial charge in [0, 0.05) is 23.6 Å². The molecule has 0 radical (unpaired) electrons. The van der Waals surface area contributed by atoms with E-state index >= 15 is 0 Å². The second kappa shape index (κ2) is 8.49. The molecule has 0 aliphatic carbocycles. The molecule has 0 unspecified atom stereocenters. The molecule has 2 heterocycles. The van der Waals surface area contributed by atoms with Crippen LogP contribution >= 0.6 is 0 Å². The Morgan fingerprint density at radius 3 is 2.74 bits per heavy atom. The third-order valence-corrected chi connectivity index (χ3v) is 4.20. The summed E-state index contributed by atoms with van der Waals surface area (Å²) < 4.78 is 16.8. The maximum Gasteiger partial charge on any atom is 0.322 e. The fourth-order valence-corrected chi connectivity index (χ4v) is 2.81. The van der Waals surface area contributed by atoms with Crippen LogP contribution in [0.3, 0.4) is 0 Å². The van der Waals surface area contributed by atoms with Crippen molar-refractivity contribution >= 4 is 34.7 Å². The summed E-state index contributed by atoms with van der Waals surface area (Å²) in [5.74, 6) is 0.553. The summed E-state index contributed by atoms with van der Waals surface area (Å²) in [7, 11) is 0. The second-order valence-corrected chi connectivity index (χ2v) is 6.30. The Hall–Kier alpha value is -4.47. The second-order valence-electron chi connectivity index (χ2n) is 6.30. The number of anilines is 1. The van der Waals surface area contributed by atoms with Gasteiger partial charge in [-0.2, -0.15) is 0 Å². The number of non-ortho nitro benzene ring substituents is 1. The van der Waals surface area contributed by atoms with Crippen LogP contribution in [0, 0.1) is 10.1 Å². The van der Waals surface area contributed by atoms with Gasteiger partial charge in [0.05, 0.1) is 11.5 Å². The number of furan rings is 1. The largest absolute Gasteiger partial charge is 0.490 e. The standard InChI is InChI=1S/C21H16N4O6/c1-2-29-16-5-3-4-14-12-17(30-19(14)16)20-23-24-21(31-20)22-18(26)11-8-13-6-9-15(10-7-13)25(27)28/h3-12H,2H2,1H3,(H,22,24,26). The van der Waals surface area contributed by atoms with Crippen LogP contribution in [0.5, 0.6) is 5.75 Å². The first-order chi connectivity index (χ1) is 15.0. The fraction of sp³-hybridized carbons (Fsp3) is 0.0952. The van der Waals surface area contributed by atoms with Gasteiger partial charge in [-0.3, -0.25) is 20.2 Å². The van der Waals surface area contributed by atoms with Crippen LogP contribution < -0.4 is 10.1 Å². The average Bonchev–Trinajstić information content (AvgIpc) is 3.40. The quantitative estimate of drug-likeness (QED) is 0.263. The maximum atomic E-state index is 12.1. The molecule has 0 saturated heterocycles. The van der Waals surface area contributed by atoms with Crippen molar-refractivity contribution in [3.8, 4) is 17.4 Å². The number of aromatic nitrogens is 2. The van der Waals surface area contributed by atoms with Gasteiger partial charge in [0.25, 0.3) is 17.5 Å². The maximum absolute atomic E-state index is 12.1. The van der Waals surface area contributed by atoms with Crippen molar-refractivity contribution in [2.75, 3.05) is 11.9 Å². The molecule has 0 fully saturated rings. The third-order valence-electron chi connectivity index (χ3n) is 4.20. The van der Waals surface area contributed by atoms with E-state index in [1.54, 1.807) is 12.1 Å². The molecule has 0 bridgehead atoms. The van der Waals surface area contributed by atoms with Gasteiger partial charge in [0.1, 0.15) is 0 Å². The third kappa shape index (κ3) is 4.42. The van der Waals surface area contributed by atoms with E-state index in [1.807, 2.05) is 19.1 Å². The van der Waals surface area contributed by atoms with Crippen molar-refractivity contribution in [1.29, 1.82) is 0 Å². The summed E-state index contributed by atoms with van der Waals surface area (Å²) in [6.07, 6.45) is 2.76. The number of hydrogen-bond donors (Lipinski definition) is 1. The lowest BCUT2D eigenvalue weighted by Gasteiger charge is -2.01. The highest BCUT2D eigenvalue weighted by molar-refractivity contribution is 6.00. The first-order valence-corrected chi connectivity index (χ1v) is 9.26. The molecular weight excluding hydrogens is 404 g/mol. The average molecular weight is 420 g/mol. The molecule has 31 heavy (non-hydrogen) atoms. The van der Waals surface area contributed by atoms with E-state index in [0.717, 1.165) is 5.39 Å². The topological polar surface area (TPSA) is 134 Å². The predicted molar refractivity (Wildman–Crippen MR) is 111 cm³/mol. The minimum atomic E-state index is -0.503. The highest BCUT2D eigenvalue weighted by Gasteiger charge is 2.16. The van der Waals surface area contributed by atoms with E-state index in [-0.39, 0.29) is 17.6 Å². The first-order valence-electron chi connectivity index (χ1n) is 9.26. The van der Waals surface area contributed by atoms with Gasteiger partial charge in [-0.05, 0) is 42.8 Å². The van der Waals surface area contributed by atoms with Gasteiger partial charge < -0.3 is 13.6 Å². The SMILES string of the molecule is CCOc1cccc2cc(-c3nnc(NC(=O)C=Cc4ccc([N+](=O)[O-])cc4)o3)oc12. The molecule has 4 aromatic rings. The zero-order chi connectivity index (χ0) is 21.8. The van der Waals surface area contributed by atoms with Crippen LogP contribution in [-0.4, -0.2) is 27.6 Å². The highest BCUT2D eigenvalue weighted by Crippen LogP contribution is 2.33. The van der Waals surface area contributed by atoms with Crippen LogP contribution in [0.1, 0.15) is 12.5 Å². The molecule has 1 amide bonds. The van der Waals surface area contributed by atoms with Gasteiger partial charge in [-0.25, -0.2) is 0 Å². The summed E-state index contributed by atoms with van der Waals surface area (Å²) in [4.78, 5) is 22.3. The number of nitro benzene ring substituents is 1. The van der Waals surface area contributed by atoms with Gasteiger partial charge in [0.15, 0.2) is 17.1 Å². The van der Waals surface area contributed by atoms with Crippen molar-refractivity contribution < 1.29 is 23.3 Å². The smallest absolute Gasteiger partial charge is 0.322 e. The van der Waals surface area contributed by atoms with Crippen LogP contribution in [-0.2, 0) is 4.79 Å². The zero-order valence-electron chi connectivity index (χ0n) is 16.3. The highest BCUT2D eigenvalue weighted by atomic mass is 16.6. The number of nitro groups is 1. The van der Waals surface area contributed by atoms with Gasteiger partial charge in [-0.1, -0.05) is 17.2 Å². The molecule has 0 atom stereocenters. The van der Waals surface area contributed by atoms with E-state index in [2.05, 4.69) is 15.5 Å². The van der Waals surface area contributed by atoms with Crippen molar-refractivity contribution in [3.63, 3.8) is 0 Å². The molecular formula is C21H16N4O6. The molecule has 2 aromatic carbocycles. The number of nitrogens with zero attached hydrogens (tertiary/aromatic N) is 3. The fourth-order valence-electron chi connectivity index (χ4n) is 2.81. The number of nitrogens with one attached hydrogen (secondary N) is 1. The lowest BCUT2D eigenvalue weighted by atomic mass is 10.2. The van der Waals surface area contributed by atoms with E-state index in [9.17, 15) is 14.9 Å². The van der Waals surface area contributed by atoms with Crippen molar-refractivity contribution in [1.82, 2.24) is 10.2 Å². The molecule has 1 N–H and O–H groups in total. The number of benzene rings is 2. The number of carbonyl (C=O) groups excluding carboxylic acids is 1. The Bertz CT molecular complexity index is 1270. The van der Waals surface area contributed by atoms with E-state index in [4.69, 9.17) is 13.6 Å². The molecule has 2 aromatic heterocycles.